The van der Waals surface area contributed by atoms with Crippen LogP contribution in [0.4, 0.5) is 4.39 Å². The van der Waals surface area contributed by atoms with Crippen molar-refractivity contribution < 1.29 is 22.7 Å². The lowest BCUT2D eigenvalue weighted by Gasteiger charge is -2.10. The molecule has 4 nitrogen and oxygen atoms in total. The van der Waals surface area contributed by atoms with Gasteiger partial charge < -0.3 is 5.11 Å². The first-order valence-corrected chi connectivity index (χ1v) is 7.18. The number of halogens is 1. The molecule has 0 heterocycles. The van der Waals surface area contributed by atoms with Gasteiger partial charge >= 0.3 is 5.97 Å². The molecule has 1 aromatic carbocycles. The monoisotopic (exact) mass is 274 g/mol. The number of hydrogen-bond donors (Lipinski definition) is 1. The maximum Gasteiger partial charge on any atom is 0.335 e. The molecule has 0 aliphatic carbocycles. The number of rotatable bonds is 5. The zero-order valence-corrected chi connectivity index (χ0v) is 11.0. The van der Waals surface area contributed by atoms with E-state index in [1.54, 1.807) is 6.92 Å². The number of aromatic carboxylic acids is 1. The van der Waals surface area contributed by atoms with E-state index in [1.165, 1.54) is 0 Å². The number of carboxylic acids is 1. The summed E-state index contributed by atoms with van der Waals surface area (Å²) in [5, 5.41) is 8.78. The highest BCUT2D eigenvalue weighted by Crippen LogP contribution is 2.20. The second kappa shape index (κ2) is 5.48. The predicted molar refractivity (Wildman–Crippen MR) is 64.9 cm³/mol. The molecule has 18 heavy (non-hydrogen) atoms. The van der Waals surface area contributed by atoms with E-state index in [2.05, 4.69) is 0 Å². The van der Waals surface area contributed by atoms with Gasteiger partial charge in [0, 0.05) is 0 Å². The van der Waals surface area contributed by atoms with Gasteiger partial charge in [0.2, 0.25) is 0 Å². The van der Waals surface area contributed by atoms with Crippen LogP contribution in [-0.2, 0) is 9.84 Å². The van der Waals surface area contributed by atoms with Gasteiger partial charge in [-0.3, -0.25) is 0 Å². The smallest absolute Gasteiger partial charge is 0.335 e. The Morgan fingerprint density at radius 1 is 1.44 bits per heavy atom. The summed E-state index contributed by atoms with van der Waals surface area (Å²) in [4.78, 5) is 10.2. The van der Waals surface area contributed by atoms with Crippen molar-refractivity contribution in [3.63, 3.8) is 0 Å². The number of hydrogen-bond acceptors (Lipinski definition) is 3. The van der Waals surface area contributed by atoms with Gasteiger partial charge in [-0.25, -0.2) is 17.6 Å². The average Bonchev–Trinajstić information content (AvgIpc) is 2.28. The maximum absolute atomic E-state index is 13.5. The molecule has 0 aromatic heterocycles. The van der Waals surface area contributed by atoms with Crippen LogP contribution in [0.15, 0.2) is 23.1 Å². The third-order valence-electron chi connectivity index (χ3n) is 2.71. The van der Waals surface area contributed by atoms with Crippen LogP contribution in [-0.4, -0.2) is 25.2 Å². The lowest BCUT2D eigenvalue weighted by atomic mass is 10.2. The molecule has 1 N–H and O–H groups in total. The first kappa shape index (κ1) is 14.6. The van der Waals surface area contributed by atoms with Crippen LogP contribution < -0.4 is 0 Å². The minimum Gasteiger partial charge on any atom is -0.478 e. The second-order valence-corrected chi connectivity index (χ2v) is 6.25. The quantitative estimate of drug-likeness (QED) is 0.894. The van der Waals surface area contributed by atoms with Gasteiger partial charge in [-0.15, -0.1) is 0 Å². The molecule has 6 heteroatoms. The fourth-order valence-corrected chi connectivity index (χ4v) is 3.29. The largest absolute Gasteiger partial charge is 0.478 e. The van der Waals surface area contributed by atoms with E-state index in [-0.39, 0.29) is 17.2 Å². The van der Waals surface area contributed by atoms with Crippen molar-refractivity contribution in [1.29, 1.82) is 0 Å². The van der Waals surface area contributed by atoms with E-state index in [0.717, 1.165) is 18.2 Å². The zero-order chi connectivity index (χ0) is 13.9. The Morgan fingerprint density at radius 3 is 2.56 bits per heavy atom. The van der Waals surface area contributed by atoms with E-state index < -0.39 is 26.5 Å². The fraction of sp³-hybridized carbons (Fsp3) is 0.417. The number of sulfone groups is 1. The first-order valence-electron chi connectivity index (χ1n) is 5.53. The summed E-state index contributed by atoms with van der Waals surface area (Å²) < 4.78 is 37.4. The van der Waals surface area contributed by atoms with E-state index in [9.17, 15) is 17.6 Å². The normalized spacial score (nSPS) is 13.3. The number of benzene rings is 1. The third kappa shape index (κ3) is 3.29. The summed E-state index contributed by atoms with van der Waals surface area (Å²) in [5.74, 6) is -2.50. The van der Waals surface area contributed by atoms with Gasteiger partial charge in [-0.1, -0.05) is 20.3 Å². The van der Waals surface area contributed by atoms with E-state index in [0.29, 0.717) is 6.42 Å². The van der Waals surface area contributed by atoms with E-state index in [4.69, 9.17) is 5.11 Å². The van der Waals surface area contributed by atoms with E-state index >= 15 is 0 Å². The fourth-order valence-electron chi connectivity index (χ4n) is 1.46. The molecule has 1 atom stereocenters. The van der Waals surface area contributed by atoms with Crippen LogP contribution in [0.3, 0.4) is 0 Å². The van der Waals surface area contributed by atoms with Crippen molar-refractivity contribution >= 4 is 15.8 Å². The van der Waals surface area contributed by atoms with Gasteiger partial charge in [0.1, 0.15) is 10.7 Å². The van der Waals surface area contributed by atoms with Gasteiger partial charge in [0.05, 0.1) is 11.3 Å². The number of carbonyl (C=O) groups is 1. The molecule has 1 aromatic rings. The Balaban J connectivity index is 3.23. The van der Waals surface area contributed by atoms with Crippen LogP contribution in [0.1, 0.15) is 30.6 Å². The van der Waals surface area contributed by atoms with Gasteiger partial charge in [-0.05, 0) is 24.1 Å². The topological polar surface area (TPSA) is 71.4 Å². The molecule has 0 saturated carbocycles. The summed E-state index contributed by atoms with van der Waals surface area (Å²) in [6.07, 6.45) is 0.652. The summed E-state index contributed by atoms with van der Waals surface area (Å²) in [7, 11) is -3.80. The Labute approximate surface area is 105 Å². The van der Waals surface area contributed by atoms with Crippen molar-refractivity contribution in [2.75, 3.05) is 5.75 Å². The molecule has 0 radical (unpaired) electrons. The molecule has 0 spiro atoms. The Hall–Kier alpha value is -1.43. The number of carboxylic acid groups (broad SMARTS) is 1. The summed E-state index contributed by atoms with van der Waals surface area (Å²) in [6, 6.07) is 2.78. The highest BCUT2D eigenvalue weighted by molar-refractivity contribution is 7.91. The Kier molecular flexibility index (Phi) is 4.45. The Morgan fingerprint density at radius 2 is 2.06 bits per heavy atom. The third-order valence-corrected chi connectivity index (χ3v) is 4.70. The van der Waals surface area contributed by atoms with Crippen molar-refractivity contribution in [3.8, 4) is 0 Å². The van der Waals surface area contributed by atoms with Crippen molar-refractivity contribution in [3.05, 3.63) is 29.6 Å². The summed E-state index contributed by atoms with van der Waals surface area (Å²) >= 11 is 0. The minimum absolute atomic E-state index is 0.108. The van der Waals surface area contributed by atoms with Crippen LogP contribution in [0.5, 0.6) is 0 Å². The molecule has 0 saturated heterocycles. The van der Waals surface area contributed by atoms with Crippen LogP contribution in [0.2, 0.25) is 0 Å². The zero-order valence-electron chi connectivity index (χ0n) is 10.2. The second-order valence-electron chi connectivity index (χ2n) is 4.25. The highest BCUT2D eigenvalue weighted by Gasteiger charge is 2.23. The van der Waals surface area contributed by atoms with Crippen LogP contribution >= 0.6 is 0 Å². The molecule has 0 aliphatic heterocycles. The molecule has 0 fully saturated rings. The minimum atomic E-state index is -3.80. The summed E-state index contributed by atoms with van der Waals surface area (Å²) in [6.45, 7) is 3.58. The summed E-state index contributed by atoms with van der Waals surface area (Å²) in [5.41, 5.74) is -0.237. The average molecular weight is 274 g/mol. The molecule has 1 rings (SSSR count). The van der Waals surface area contributed by atoms with Crippen molar-refractivity contribution in [2.45, 2.75) is 25.2 Å². The Bertz CT molecular complexity index is 551. The standard InChI is InChI=1S/C12H15FO4S/c1-3-8(2)7-18(16,17)11-6-9(12(14)15)4-5-10(11)13/h4-6,8H,3,7H2,1-2H3,(H,14,15). The molecule has 100 valence electrons. The molecule has 0 bridgehead atoms. The van der Waals surface area contributed by atoms with E-state index in [1.807, 2.05) is 6.92 Å². The van der Waals surface area contributed by atoms with Gasteiger partial charge in [0.15, 0.2) is 9.84 Å². The van der Waals surface area contributed by atoms with Crippen LogP contribution in [0.25, 0.3) is 0 Å². The molecule has 0 aliphatic rings. The molecule has 0 amide bonds. The first-order chi connectivity index (χ1) is 8.27. The lowest BCUT2D eigenvalue weighted by molar-refractivity contribution is 0.0696. The van der Waals surface area contributed by atoms with Crippen molar-refractivity contribution in [2.24, 2.45) is 5.92 Å². The lowest BCUT2D eigenvalue weighted by Crippen LogP contribution is -2.15. The van der Waals surface area contributed by atoms with Gasteiger partial charge in [-0.2, -0.15) is 0 Å². The molecular weight excluding hydrogens is 259 g/mol. The van der Waals surface area contributed by atoms with Crippen LogP contribution in [0, 0.1) is 11.7 Å². The highest BCUT2D eigenvalue weighted by atomic mass is 32.2. The van der Waals surface area contributed by atoms with Gasteiger partial charge in [0.25, 0.3) is 0 Å². The maximum atomic E-state index is 13.5. The molecule has 1 unspecified atom stereocenters. The van der Waals surface area contributed by atoms with Crippen molar-refractivity contribution in [1.82, 2.24) is 0 Å². The SMILES string of the molecule is CCC(C)CS(=O)(=O)c1cc(C(=O)O)ccc1F. The molecular formula is C12H15FO4S. The predicted octanol–water partition coefficient (Wildman–Crippen LogP) is 2.34.